The van der Waals surface area contributed by atoms with Crippen LogP contribution >= 0.6 is 0 Å². The van der Waals surface area contributed by atoms with E-state index in [1.165, 1.54) is 19.3 Å². The molecular weight excluding hydrogens is 490 g/mol. The van der Waals surface area contributed by atoms with Gasteiger partial charge < -0.3 is 20.7 Å². The highest BCUT2D eigenvalue weighted by atomic mass is 32.2. The van der Waals surface area contributed by atoms with Gasteiger partial charge in [-0.25, -0.2) is 17.9 Å². The Morgan fingerprint density at radius 3 is 2.35 bits per heavy atom. The molecule has 4 N–H and O–H groups in total. The Hall–Kier alpha value is -2.04. The molecule has 0 unspecified atom stereocenters. The molecule has 1 amide bonds. The predicted octanol–water partition coefficient (Wildman–Crippen LogP) is 4.40. The van der Waals surface area contributed by atoms with Crippen molar-refractivity contribution in [2.45, 2.75) is 95.1 Å². The molecule has 0 atom stereocenters. The van der Waals surface area contributed by atoms with Crippen LogP contribution in [0.3, 0.4) is 0 Å². The van der Waals surface area contributed by atoms with Crippen LogP contribution in [0.5, 0.6) is 0 Å². The minimum atomic E-state index is -3.57. The van der Waals surface area contributed by atoms with E-state index in [1.54, 1.807) is 23.1 Å². The lowest BCUT2D eigenvalue weighted by atomic mass is 9.95. The summed E-state index contributed by atoms with van der Waals surface area (Å²) in [5, 5.41) is 3.47. The summed E-state index contributed by atoms with van der Waals surface area (Å²) in [7, 11) is -3.57. The molecule has 210 valence electrons. The molecule has 1 saturated carbocycles. The van der Waals surface area contributed by atoms with Crippen LogP contribution in [0, 0.1) is 0 Å². The highest BCUT2D eigenvalue weighted by Crippen LogP contribution is 2.27. The van der Waals surface area contributed by atoms with E-state index in [-0.39, 0.29) is 11.0 Å². The maximum Gasteiger partial charge on any atom is 0.410 e. The molecule has 0 bridgehead atoms. The number of nitrogen functional groups attached to an aromatic ring is 1. The first kappa shape index (κ1) is 29.5. The van der Waals surface area contributed by atoms with Crippen molar-refractivity contribution in [3.8, 4) is 0 Å². The van der Waals surface area contributed by atoms with Crippen molar-refractivity contribution < 1.29 is 17.9 Å². The maximum atomic E-state index is 12.7. The second-order valence-electron chi connectivity index (χ2n) is 11.3. The summed E-state index contributed by atoms with van der Waals surface area (Å²) in [6, 6.07) is 5.38. The molecule has 1 aliphatic carbocycles. The van der Waals surface area contributed by atoms with Gasteiger partial charge in [0, 0.05) is 38.8 Å². The Bertz CT molecular complexity index is 965. The Morgan fingerprint density at radius 2 is 1.70 bits per heavy atom. The fourth-order valence-electron chi connectivity index (χ4n) is 4.89. The molecule has 3 rings (SSSR count). The highest BCUT2D eigenvalue weighted by Gasteiger charge is 2.25. The van der Waals surface area contributed by atoms with Gasteiger partial charge in [-0.05, 0) is 71.2 Å². The lowest BCUT2D eigenvalue weighted by Gasteiger charge is -2.35. The van der Waals surface area contributed by atoms with Gasteiger partial charge in [-0.3, -0.25) is 4.90 Å². The van der Waals surface area contributed by atoms with E-state index in [0.29, 0.717) is 31.4 Å². The number of piperazine rings is 1. The van der Waals surface area contributed by atoms with E-state index in [4.69, 9.17) is 10.5 Å². The van der Waals surface area contributed by atoms with E-state index in [1.807, 2.05) is 20.8 Å². The smallest absolute Gasteiger partial charge is 0.410 e. The Kier molecular flexibility index (Phi) is 10.9. The summed E-state index contributed by atoms with van der Waals surface area (Å²) in [4.78, 5) is 16.5. The topological polar surface area (TPSA) is 117 Å². The van der Waals surface area contributed by atoms with E-state index in [9.17, 15) is 13.2 Å². The number of nitrogens with zero attached hydrogens (tertiary/aromatic N) is 2. The number of ether oxygens (including phenoxy) is 1. The standard InChI is InChI=1S/C27H47N5O4S/c1-27(2,3)36-26(33)32-19-17-31(18-20-32)16-10-5-4-9-15-29-37(34,35)23-13-14-25(24(28)21-23)30-22-11-7-6-8-12-22/h13-14,21-22,29-30H,4-12,15-20,28H2,1-3H3. The van der Waals surface area contributed by atoms with Crippen LogP contribution in [0.15, 0.2) is 23.1 Å². The zero-order valence-electron chi connectivity index (χ0n) is 22.9. The number of carbonyl (C=O) groups excluding carboxylic acids is 1. The van der Waals surface area contributed by atoms with Gasteiger partial charge in [0.15, 0.2) is 0 Å². The minimum absolute atomic E-state index is 0.213. The molecule has 0 aromatic heterocycles. The molecule has 0 radical (unpaired) electrons. The number of amides is 1. The van der Waals surface area contributed by atoms with Crippen molar-refractivity contribution in [1.29, 1.82) is 0 Å². The minimum Gasteiger partial charge on any atom is -0.444 e. The molecule has 9 nitrogen and oxygen atoms in total. The molecule has 37 heavy (non-hydrogen) atoms. The number of nitrogens with one attached hydrogen (secondary N) is 2. The molecule has 1 heterocycles. The summed E-state index contributed by atoms with van der Waals surface area (Å²) in [5.41, 5.74) is 6.99. The second-order valence-corrected chi connectivity index (χ2v) is 13.1. The molecule has 2 aliphatic rings. The van der Waals surface area contributed by atoms with Crippen LogP contribution < -0.4 is 15.8 Å². The zero-order chi connectivity index (χ0) is 26.9. The molecule has 2 fully saturated rings. The SMILES string of the molecule is CC(C)(C)OC(=O)N1CCN(CCCCCCNS(=O)(=O)c2ccc(NC3CCCCC3)c(N)c2)CC1. The summed E-state index contributed by atoms with van der Waals surface area (Å²) in [6.07, 6.45) is 9.62. The Balaban J connectivity index is 1.29. The lowest BCUT2D eigenvalue weighted by molar-refractivity contribution is 0.0144. The van der Waals surface area contributed by atoms with Gasteiger partial charge >= 0.3 is 6.09 Å². The van der Waals surface area contributed by atoms with Gasteiger partial charge in [-0.2, -0.15) is 0 Å². The largest absolute Gasteiger partial charge is 0.444 e. The monoisotopic (exact) mass is 537 g/mol. The van der Waals surface area contributed by atoms with Crippen molar-refractivity contribution in [1.82, 2.24) is 14.5 Å². The summed E-state index contributed by atoms with van der Waals surface area (Å²) in [5.74, 6) is 0. The van der Waals surface area contributed by atoms with Crippen LogP contribution in [0.25, 0.3) is 0 Å². The molecule has 1 aliphatic heterocycles. The summed E-state index contributed by atoms with van der Waals surface area (Å²) >= 11 is 0. The highest BCUT2D eigenvalue weighted by molar-refractivity contribution is 7.89. The average Bonchev–Trinajstić information content (AvgIpc) is 2.84. The fraction of sp³-hybridized carbons (Fsp3) is 0.741. The van der Waals surface area contributed by atoms with Gasteiger partial charge in [0.05, 0.1) is 16.3 Å². The van der Waals surface area contributed by atoms with Gasteiger partial charge in [0.2, 0.25) is 10.0 Å². The summed E-state index contributed by atoms with van der Waals surface area (Å²) in [6.45, 7) is 10.2. The third kappa shape index (κ3) is 9.98. The third-order valence-electron chi connectivity index (χ3n) is 7.02. The van der Waals surface area contributed by atoms with Crippen molar-refractivity contribution in [3.63, 3.8) is 0 Å². The number of hydrogen-bond acceptors (Lipinski definition) is 7. The van der Waals surface area contributed by atoms with Gasteiger partial charge in [-0.1, -0.05) is 32.1 Å². The van der Waals surface area contributed by atoms with Crippen molar-refractivity contribution in [2.24, 2.45) is 0 Å². The molecule has 10 heteroatoms. The predicted molar refractivity (Wildman–Crippen MR) is 149 cm³/mol. The zero-order valence-corrected chi connectivity index (χ0v) is 23.7. The Labute approximate surface area is 223 Å². The number of hydrogen-bond donors (Lipinski definition) is 3. The van der Waals surface area contributed by atoms with Crippen molar-refractivity contribution in [2.75, 3.05) is 50.3 Å². The van der Waals surface area contributed by atoms with Gasteiger partial charge in [-0.15, -0.1) is 0 Å². The lowest BCUT2D eigenvalue weighted by Crippen LogP contribution is -2.50. The normalized spacial score (nSPS) is 18.1. The second kappa shape index (κ2) is 13.7. The van der Waals surface area contributed by atoms with Gasteiger partial charge in [0.25, 0.3) is 0 Å². The van der Waals surface area contributed by atoms with Crippen LogP contribution in [0.2, 0.25) is 0 Å². The van der Waals surface area contributed by atoms with Crippen molar-refractivity contribution in [3.05, 3.63) is 18.2 Å². The first-order chi connectivity index (χ1) is 17.5. The van der Waals surface area contributed by atoms with E-state index >= 15 is 0 Å². The number of nitrogens with two attached hydrogens (primary N) is 1. The number of rotatable bonds is 11. The van der Waals surface area contributed by atoms with E-state index < -0.39 is 15.6 Å². The quantitative estimate of drug-likeness (QED) is 0.283. The average molecular weight is 538 g/mol. The maximum absolute atomic E-state index is 12.7. The molecule has 0 spiro atoms. The molecule has 1 aromatic rings. The number of unbranched alkanes of at least 4 members (excludes halogenated alkanes) is 3. The number of carbonyl (C=O) groups is 1. The first-order valence-electron chi connectivity index (χ1n) is 13.9. The number of anilines is 2. The van der Waals surface area contributed by atoms with E-state index in [2.05, 4.69) is 14.9 Å². The first-order valence-corrected chi connectivity index (χ1v) is 15.4. The van der Waals surface area contributed by atoms with Crippen LogP contribution in [-0.2, 0) is 14.8 Å². The van der Waals surface area contributed by atoms with Crippen LogP contribution in [0.4, 0.5) is 16.2 Å². The number of benzene rings is 1. The van der Waals surface area contributed by atoms with Crippen LogP contribution in [-0.4, -0.2) is 75.2 Å². The molecule has 1 aromatic carbocycles. The number of sulfonamides is 1. The fourth-order valence-corrected chi connectivity index (χ4v) is 6.00. The molecule has 1 saturated heterocycles. The van der Waals surface area contributed by atoms with Crippen LogP contribution in [0.1, 0.15) is 78.6 Å². The molecular formula is C27H47N5O4S. The van der Waals surface area contributed by atoms with E-state index in [0.717, 1.165) is 63.8 Å². The Morgan fingerprint density at radius 1 is 1.03 bits per heavy atom. The van der Waals surface area contributed by atoms with Crippen molar-refractivity contribution >= 4 is 27.5 Å². The third-order valence-corrected chi connectivity index (χ3v) is 8.47. The summed E-state index contributed by atoms with van der Waals surface area (Å²) < 4.78 is 33.6. The van der Waals surface area contributed by atoms with Gasteiger partial charge in [0.1, 0.15) is 5.60 Å².